The molecular weight excluding hydrogens is 412 g/mol. The van der Waals surface area contributed by atoms with Crippen LogP contribution in [0.4, 0.5) is 16.2 Å². The van der Waals surface area contributed by atoms with Gasteiger partial charge in [-0.1, -0.05) is 24.3 Å². The summed E-state index contributed by atoms with van der Waals surface area (Å²) < 4.78 is 1.77. The normalized spacial score (nSPS) is 19.4. The number of thiophene rings is 1. The molecule has 8 heteroatoms. The number of anilines is 2. The van der Waals surface area contributed by atoms with E-state index < -0.39 is 6.03 Å². The molecule has 0 radical (unpaired) electrons. The SMILES string of the molecule is O=C(Nc1ccccc1)Nc1ccc2n(c1=O)C[C@H]1C[C@@H]2CN(C(=O)c2cccs2)C1. The van der Waals surface area contributed by atoms with Gasteiger partial charge in [-0.3, -0.25) is 9.59 Å². The van der Waals surface area contributed by atoms with Gasteiger partial charge in [-0.2, -0.15) is 0 Å². The van der Waals surface area contributed by atoms with Crippen LogP contribution in [0.15, 0.2) is 64.8 Å². The van der Waals surface area contributed by atoms with Gasteiger partial charge in [0.05, 0.1) is 4.88 Å². The highest BCUT2D eigenvalue weighted by Crippen LogP contribution is 2.36. The van der Waals surface area contributed by atoms with Gasteiger partial charge in [-0.15, -0.1) is 11.3 Å². The third kappa shape index (κ3) is 3.86. The topological polar surface area (TPSA) is 83.4 Å². The van der Waals surface area contributed by atoms with Crippen LogP contribution in [0.2, 0.25) is 0 Å². The Balaban J connectivity index is 1.34. The zero-order valence-electron chi connectivity index (χ0n) is 16.8. The number of amides is 3. The maximum Gasteiger partial charge on any atom is 0.323 e. The molecule has 0 spiro atoms. The van der Waals surface area contributed by atoms with Crippen molar-refractivity contribution in [1.29, 1.82) is 0 Å². The van der Waals surface area contributed by atoms with Crippen LogP contribution in [0.25, 0.3) is 0 Å². The zero-order valence-corrected chi connectivity index (χ0v) is 17.6. The molecule has 2 N–H and O–H groups in total. The highest BCUT2D eigenvalue weighted by molar-refractivity contribution is 7.12. The van der Waals surface area contributed by atoms with Crippen LogP contribution in [0.3, 0.4) is 0 Å². The summed E-state index contributed by atoms with van der Waals surface area (Å²) in [5.41, 5.74) is 1.64. The highest BCUT2D eigenvalue weighted by Gasteiger charge is 2.37. The molecule has 0 aliphatic carbocycles. The number of nitrogens with zero attached hydrogens (tertiary/aromatic N) is 2. The minimum absolute atomic E-state index is 0.0661. The molecule has 7 nitrogen and oxygen atoms in total. The molecule has 2 aliphatic rings. The number of nitrogens with one attached hydrogen (secondary N) is 2. The Morgan fingerprint density at radius 2 is 1.77 bits per heavy atom. The third-order valence-corrected chi connectivity index (χ3v) is 6.76. The van der Waals surface area contributed by atoms with Crippen LogP contribution in [0.1, 0.15) is 27.7 Å². The van der Waals surface area contributed by atoms with Crippen molar-refractivity contribution >= 4 is 34.6 Å². The molecule has 1 fully saturated rings. The van der Waals surface area contributed by atoms with E-state index in [4.69, 9.17) is 0 Å². The molecule has 5 rings (SSSR count). The Bertz CT molecular complexity index is 1170. The van der Waals surface area contributed by atoms with Crippen molar-refractivity contribution in [3.05, 3.63) is 80.9 Å². The molecule has 2 aliphatic heterocycles. The summed E-state index contributed by atoms with van der Waals surface area (Å²) >= 11 is 1.46. The van der Waals surface area contributed by atoms with Gasteiger partial charge in [0.25, 0.3) is 11.5 Å². The number of hydrogen-bond acceptors (Lipinski definition) is 4. The summed E-state index contributed by atoms with van der Waals surface area (Å²) in [5.74, 6) is 0.411. The number of urea groups is 1. The van der Waals surface area contributed by atoms with E-state index in [1.54, 1.807) is 22.8 Å². The second-order valence-electron chi connectivity index (χ2n) is 8.02. The lowest BCUT2D eigenvalue weighted by atomic mass is 9.83. The Hall–Kier alpha value is -3.39. The lowest BCUT2D eigenvalue weighted by Crippen LogP contribution is -2.49. The van der Waals surface area contributed by atoms with Crippen molar-refractivity contribution in [3.63, 3.8) is 0 Å². The van der Waals surface area contributed by atoms with Crippen molar-refractivity contribution in [1.82, 2.24) is 9.47 Å². The fourth-order valence-corrected chi connectivity index (χ4v) is 5.26. The summed E-state index contributed by atoms with van der Waals surface area (Å²) in [6, 6.07) is 15.9. The second-order valence-corrected chi connectivity index (χ2v) is 8.97. The first-order valence-corrected chi connectivity index (χ1v) is 11.2. The Kier molecular flexibility index (Phi) is 5.07. The first kappa shape index (κ1) is 19.6. The molecular formula is C23H22N4O3S. The standard InChI is InChI=1S/C23H22N4O3S/c28-21-18(25-23(30)24-17-5-2-1-3-6-17)8-9-19-16-11-15(13-27(19)21)12-26(14-16)22(29)20-7-4-10-31-20/h1-10,15-16H,11-14H2,(H2,24,25,30)/t15-,16+/m0/s1. The van der Waals surface area contributed by atoms with E-state index in [2.05, 4.69) is 10.6 Å². The second kappa shape index (κ2) is 8.03. The fraction of sp³-hybridized carbons (Fsp3) is 0.261. The number of para-hydroxylation sites is 1. The van der Waals surface area contributed by atoms with Crippen LogP contribution in [-0.4, -0.2) is 34.5 Å². The number of fused-ring (bicyclic) bond motifs is 4. The number of pyridine rings is 1. The van der Waals surface area contributed by atoms with Gasteiger partial charge >= 0.3 is 6.03 Å². The maximum absolute atomic E-state index is 13.1. The van der Waals surface area contributed by atoms with E-state index in [0.717, 1.165) is 17.0 Å². The minimum atomic E-state index is -0.451. The minimum Gasteiger partial charge on any atom is -0.337 e. The first-order chi connectivity index (χ1) is 15.1. The van der Waals surface area contributed by atoms with E-state index in [9.17, 15) is 14.4 Å². The smallest absolute Gasteiger partial charge is 0.323 e. The Morgan fingerprint density at radius 1 is 0.935 bits per heavy atom. The monoisotopic (exact) mass is 434 g/mol. The van der Waals surface area contributed by atoms with Crippen LogP contribution >= 0.6 is 11.3 Å². The molecule has 2 aromatic heterocycles. The third-order valence-electron chi connectivity index (χ3n) is 5.90. The lowest BCUT2D eigenvalue weighted by Gasteiger charge is -2.42. The first-order valence-electron chi connectivity index (χ1n) is 10.3. The quantitative estimate of drug-likeness (QED) is 0.658. The van der Waals surface area contributed by atoms with Crippen LogP contribution in [-0.2, 0) is 6.54 Å². The van der Waals surface area contributed by atoms with E-state index in [-0.39, 0.29) is 29.0 Å². The van der Waals surface area contributed by atoms with Crippen molar-refractivity contribution in [2.24, 2.45) is 5.92 Å². The molecule has 1 aromatic carbocycles. The van der Waals surface area contributed by atoms with Crippen molar-refractivity contribution in [2.75, 3.05) is 23.7 Å². The molecule has 0 unspecified atom stereocenters. The molecule has 2 atom stereocenters. The van der Waals surface area contributed by atoms with Crippen molar-refractivity contribution in [2.45, 2.75) is 18.9 Å². The average Bonchev–Trinajstić information content (AvgIpc) is 3.31. The number of carbonyl (C=O) groups is 2. The molecule has 1 saturated heterocycles. The fourth-order valence-electron chi connectivity index (χ4n) is 4.57. The van der Waals surface area contributed by atoms with Gasteiger partial charge in [0, 0.05) is 36.9 Å². The summed E-state index contributed by atoms with van der Waals surface area (Å²) in [6.45, 7) is 1.80. The van der Waals surface area contributed by atoms with Gasteiger partial charge < -0.3 is 20.1 Å². The van der Waals surface area contributed by atoms with E-state index in [1.807, 2.05) is 46.7 Å². The lowest BCUT2D eigenvalue weighted by molar-refractivity contribution is 0.0599. The van der Waals surface area contributed by atoms with Crippen LogP contribution < -0.4 is 16.2 Å². The number of carbonyl (C=O) groups excluding carboxylic acids is 2. The zero-order chi connectivity index (χ0) is 21.4. The number of aromatic nitrogens is 1. The number of rotatable bonds is 3. The molecule has 158 valence electrons. The molecule has 4 heterocycles. The van der Waals surface area contributed by atoms with Crippen LogP contribution in [0, 0.1) is 5.92 Å². The molecule has 2 bridgehead atoms. The summed E-state index contributed by atoms with van der Waals surface area (Å²) in [5, 5.41) is 7.31. The maximum atomic E-state index is 13.1. The Morgan fingerprint density at radius 3 is 2.55 bits per heavy atom. The summed E-state index contributed by atoms with van der Waals surface area (Å²) in [7, 11) is 0. The predicted octanol–water partition coefficient (Wildman–Crippen LogP) is 3.81. The predicted molar refractivity (Wildman–Crippen MR) is 121 cm³/mol. The van der Waals surface area contributed by atoms with Crippen molar-refractivity contribution < 1.29 is 9.59 Å². The summed E-state index contributed by atoms with van der Waals surface area (Å²) in [6.07, 6.45) is 0.967. The number of likely N-dealkylation sites (tertiary alicyclic amines) is 1. The van der Waals surface area contributed by atoms with Gasteiger partial charge in [-0.25, -0.2) is 4.79 Å². The van der Waals surface area contributed by atoms with Gasteiger partial charge in [-0.05, 0) is 48.1 Å². The number of hydrogen-bond donors (Lipinski definition) is 2. The highest BCUT2D eigenvalue weighted by atomic mass is 32.1. The van der Waals surface area contributed by atoms with Gasteiger partial charge in [0.15, 0.2) is 0 Å². The number of benzene rings is 1. The van der Waals surface area contributed by atoms with E-state index >= 15 is 0 Å². The van der Waals surface area contributed by atoms with Gasteiger partial charge in [0.1, 0.15) is 5.69 Å². The molecule has 31 heavy (non-hydrogen) atoms. The van der Waals surface area contributed by atoms with Gasteiger partial charge in [0.2, 0.25) is 0 Å². The number of piperidine rings is 1. The van der Waals surface area contributed by atoms with E-state index in [0.29, 0.717) is 25.3 Å². The molecule has 3 aromatic rings. The van der Waals surface area contributed by atoms with E-state index in [1.165, 1.54) is 11.3 Å². The van der Waals surface area contributed by atoms with Crippen LogP contribution in [0.5, 0.6) is 0 Å². The Labute approximate surface area is 183 Å². The molecule has 0 saturated carbocycles. The average molecular weight is 435 g/mol. The van der Waals surface area contributed by atoms with Crippen molar-refractivity contribution in [3.8, 4) is 0 Å². The molecule has 3 amide bonds. The largest absolute Gasteiger partial charge is 0.337 e. The summed E-state index contributed by atoms with van der Waals surface area (Å²) in [4.78, 5) is 40.9.